The van der Waals surface area contributed by atoms with Crippen molar-refractivity contribution < 1.29 is 17.9 Å². The third kappa shape index (κ3) is 3.86. The normalized spacial score (nSPS) is 15.2. The Morgan fingerprint density at radius 3 is 2.83 bits per heavy atom. The van der Waals surface area contributed by atoms with Gasteiger partial charge in [-0.25, -0.2) is 0 Å². The van der Waals surface area contributed by atoms with Crippen molar-refractivity contribution in [2.75, 3.05) is 5.32 Å². The Bertz CT molecular complexity index is 1170. The summed E-state index contributed by atoms with van der Waals surface area (Å²) >= 11 is 0. The van der Waals surface area contributed by atoms with Crippen LogP contribution >= 0.6 is 0 Å². The second-order valence-corrected chi connectivity index (χ2v) is 9.20. The van der Waals surface area contributed by atoms with Gasteiger partial charge >= 0.3 is 0 Å². The highest BCUT2D eigenvalue weighted by molar-refractivity contribution is 7.89. The van der Waals surface area contributed by atoms with Crippen LogP contribution in [0.5, 0.6) is 5.75 Å². The molecular weight excluding hydrogens is 392 g/mol. The second-order valence-electron chi connectivity index (χ2n) is 7.41. The van der Waals surface area contributed by atoms with E-state index >= 15 is 0 Å². The van der Waals surface area contributed by atoms with E-state index in [4.69, 9.17) is 4.74 Å². The van der Waals surface area contributed by atoms with Crippen molar-refractivity contribution in [3.8, 4) is 5.75 Å². The van der Waals surface area contributed by atoms with Crippen molar-refractivity contribution in [3.05, 3.63) is 66.2 Å². The van der Waals surface area contributed by atoms with Crippen LogP contribution in [0.2, 0.25) is 0 Å². The van der Waals surface area contributed by atoms with Crippen LogP contribution in [0.4, 0.5) is 5.69 Å². The Morgan fingerprint density at radius 1 is 1.24 bits per heavy atom. The van der Waals surface area contributed by atoms with E-state index in [-0.39, 0.29) is 21.9 Å². The predicted octanol–water partition coefficient (Wildman–Crippen LogP) is 2.87. The molecule has 0 radical (unpaired) electrons. The zero-order chi connectivity index (χ0) is 20.6. The number of amides is 1. The molecule has 0 atom stereocenters. The Hall–Kier alpha value is -3.20. The van der Waals surface area contributed by atoms with Gasteiger partial charge in [-0.15, -0.1) is 0 Å². The largest absolute Gasteiger partial charge is 0.488 e. The molecule has 150 valence electrons. The molecule has 0 saturated heterocycles. The fourth-order valence-corrected chi connectivity index (χ4v) is 4.22. The van der Waals surface area contributed by atoms with E-state index in [1.807, 2.05) is 13.8 Å². The van der Waals surface area contributed by atoms with Gasteiger partial charge in [-0.2, -0.15) is 17.6 Å². The van der Waals surface area contributed by atoms with Gasteiger partial charge in [0.25, 0.3) is 15.9 Å². The third-order valence-electron chi connectivity index (χ3n) is 4.68. The number of aryl methyl sites for hydroxylation is 1. The summed E-state index contributed by atoms with van der Waals surface area (Å²) in [7, 11) is -3.93. The number of anilines is 1. The number of pyridine rings is 1. The van der Waals surface area contributed by atoms with Crippen molar-refractivity contribution in [1.29, 1.82) is 0 Å². The standard InChI is InChI=1S/C20H20N4O4S/c1-20(2)9-8-14-6-7-16(11-18(14)28-20)29(26,27)24-13-15(12-22-24)23-19(25)17-5-3-4-10-21-17/h3-7,10-13H,8-9H2,1-2H3,(H,23,25). The molecule has 4 rings (SSSR count). The molecule has 3 heterocycles. The molecule has 0 aliphatic carbocycles. The third-order valence-corrected chi connectivity index (χ3v) is 6.22. The van der Waals surface area contributed by atoms with Gasteiger partial charge in [-0.05, 0) is 50.5 Å². The summed E-state index contributed by atoms with van der Waals surface area (Å²) in [5.41, 5.74) is 1.11. The lowest BCUT2D eigenvalue weighted by Gasteiger charge is -2.32. The average Bonchev–Trinajstić information content (AvgIpc) is 3.16. The summed E-state index contributed by atoms with van der Waals surface area (Å²) in [5.74, 6) is 0.116. The van der Waals surface area contributed by atoms with Gasteiger partial charge in [0.15, 0.2) is 0 Å². The summed E-state index contributed by atoms with van der Waals surface area (Å²) in [4.78, 5) is 16.2. The monoisotopic (exact) mass is 412 g/mol. The lowest BCUT2D eigenvalue weighted by molar-refractivity contribution is 0.0843. The van der Waals surface area contributed by atoms with Crippen LogP contribution in [0.15, 0.2) is 59.9 Å². The molecule has 0 unspecified atom stereocenters. The van der Waals surface area contributed by atoms with Crippen molar-refractivity contribution in [2.24, 2.45) is 0 Å². The van der Waals surface area contributed by atoms with E-state index in [9.17, 15) is 13.2 Å². The van der Waals surface area contributed by atoms with Gasteiger partial charge < -0.3 is 10.1 Å². The Kier molecular flexibility index (Phi) is 4.62. The van der Waals surface area contributed by atoms with E-state index in [1.165, 1.54) is 24.7 Å². The van der Waals surface area contributed by atoms with Crippen molar-refractivity contribution in [1.82, 2.24) is 14.2 Å². The number of fused-ring (bicyclic) bond motifs is 1. The average molecular weight is 412 g/mol. The topological polar surface area (TPSA) is 103 Å². The minimum Gasteiger partial charge on any atom is -0.488 e. The highest BCUT2D eigenvalue weighted by Crippen LogP contribution is 2.34. The smallest absolute Gasteiger partial charge is 0.283 e. The van der Waals surface area contributed by atoms with Gasteiger partial charge in [0.05, 0.1) is 23.0 Å². The summed E-state index contributed by atoms with van der Waals surface area (Å²) in [6.45, 7) is 3.95. The van der Waals surface area contributed by atoms with Crippen LogP contribution in [-0.4, -0.2) is 34.1 Å². The molecule has 3 aromatic rings. The first kappa shape index (κ1) is 19.1. The van der Waals surface area contributed by atoms with Crippen LogP contribution in [-0.2, 0) is 16.4 Å². The first-order valence-corrected chi connectivity index (χ1v) is 10.5. The van der Waals surface area contributed by atoms with Crippen LogP contribution in [0.3, 0.4) is 0 Å². The number of hydrogen-bond acceptors (Lipinski definition) is 6. The maximum Gasteiger partial charge on any atom is 0.283 e. The molecular formula is C20H20N4O4S. The molecule has 0 bridgehead atoms. The minimum atomic E-state index is -3.93. The number of nitrogens with one attached hydrogen (secondary N) is 1. The maximum atomic E-state index is 13.0. The van der Waals surface area contributed by atoms with Crippen molar-refractivity contribution in [3.63, 3.8) is 0 Å². The molecule has 0 spiro atoms. The van der Waals surface area contributed by atoms with E-state index in [0.29, 0.717) is 5.75 Å². The van der Waals surface area contributed by atoms with Gasteiger partial charge in [-0.1, -0.05) is 12.1 Å². The van der Waals surface area contributed by atoms with Crippen LogP contribution in [0.1, 0.15) is 36.3 Å². The summed E-state index contributed by atoms with van der Waals surface area (Å²) in [5, 5.41) is 6.49. The van der Waals surface area contributed by atoms with Crippen molar-refractivity contribution >= 4 is 21.6 Å². The zero-order valence-electron chi connectivity index (χ0n) is 16.0. The second kappa shape index (κ2) is 7.00. The predicted molar refractivity (Wildman–Crippen MR) is 106 cm³/mol. The van der Waals surface area contributed by atoms with Gasteiger partial charge in [0.1, 0.15) is 17.0 Å². The summed E-state index contributed by atoms with van der Waals surface area (Å²) in [6.07, 6.45) is 5.72. The minimum absolute atomic E-state index is 0.0691. The van der Waals surface area contributed by atoms with Gasteiger partial charge in [0, 0.05) is 12.3 Å². The number of benzene rings is 1. The highest BCUT2D eigenvalue weighted by Gasteiger charge is 2.28. The lowest BCUT2D eigenvalue weighted by Crippen LogP contribution is -2.32. The van der Waals surface area contributed by atoms with Gasteiger partial charge in [0.2, 0.25) is 0 Å². The zero-order valence-corrected chi connectivity index (χ0v) is 16.8. The quantitative estimate of drug-likeness (QED) is 0.707. The lowest BCUT2D eigenvalue weighted by atomic mass is 9.94. The first-order valence-electron chi connectivity index (χ1n) is 9.09. The molecule has 1 aliphatic heterocycles. The molecule has 2 aromatic heterocycles. The molecule has 1 aliphatic rings. The molecule has 8 nitrogen and oxygen atoms in total. The molecule has 1 aromatic carbocycles. The first-order chi connectivity index (χ1) is 13.7. The fourth-order valence-electron chi connectivity index (χ4n) is 3.08. The number of aromatic nitrogens is 3. The molecule has 29 heavy (non-hydrogen) atoms. The van der Waals surface area contributed by atoms with E-state index in [1.54, 1.807) is 30.3 Å². The molecule has 1 N–H and O–H groups in total. The number of nitrogens with zero attached hydrogens (tertiary/aromatic N) is 3. The number of carbonyl (C=O) groups excluding carboxylic acids is 1. The van der Waals surface area contributed by atoms with E-state index in [0.717, 1.165) is 22.5 Å². The van der Waals surface area contributed by atoms with Gasteiger partial charge in [-0.3, -0.25) is 9.78 Å². The fraction of sp³-hybridized carbons (Fsp3) is 0.250. The Morgan fingerprint density at radius 2 is 2.07 bits per heavy atom. The Labute approximate surface area is 168 Å². The molecule has 0 fully saturated rings. The van der Waals surface area contributed by atoms with E-state index in [2.05, 4.69) is 15.4 Å². The number of carbonyl (C=O) groups is 1. The molecule has 0 saturated carbocycles. The summed E-state index contributed by atoms with van der Waals surface area (Å²) in [6, 6.07) is 9.79. The van der Waals surface area contributed by atoms with Crippen molar-refractivity contribution in [2.45, 2.75) is 37.2 Å². The molecule has 9 heteroatoms. The van der Waals surface area contributed by atoms with Crippen LogP contribution in [0, 0.1) is 0 Å². The van der Waals surface area contributed by atoms with Crippen LogP contribution < -0.4 is 10.1 Å². The summed E-state index contributed by atoms with van der Waals surface area (Å²) < 4.78 is 32.7. The Balaban J connectivity index is 1.58. The van der Waals surface area contributed by atoms with E-state index < -0.39 is 15.9 Å². The molecule has 1 amide bonds. The highest BCUT2D eigenvalue weighted by atomic mass is 32.2. The number of hydrogen-bond donors (Lipinski definition) is 1. The maximum absolute atomic E-state index is 13.0. The van der Waals surface area contributed by atoms with Crippen LogP contribution in [0.25, 0.3) is 0 Å². The SMILES string of the molecule is CC1(C)CCc2ccc(S(=O)(=O)n3cc(NC(=O)c4ccccn4)cn3)cc2O1. The number of ether oxygens (including phenoxy) is 1. The number of rotatable bonds is 4.